The normalized spacial score (nSPS) is 18.6. The predicted octanol–water partition coefficient (Wildman–Crippen LogP) is 3.12. The Morgan fingerprint density at radius 2 is 2.41 bits per heavy atom. The van der Waals surface area contributed by atoms with Crippen LogP contribution >= 0.6 is 22.9 Å². The minimum Gasteiger partial charge on any atom is -0.342 e. The van der Waals surface area contributed by atoms with Crippen LogP contribution in [0.15, 0.2) is 16.7 Å². The Labute approximate surface area is 138 Å². The Morgan fingerprint density at radius 3 is 3.09 bits per heavy atom. The monoisotopic (exact) mass is 339 g/mol. The number of nitrogens with zero attached hydrogens (tertiary/aromatic N) is 3. The van der Waals surface area contributed by atoms with Crippen LogP contribution in [0, 0.1) is 12.8 Å². The topological polar surface area (TPSA) is 59.2 Å². The molecule has 2 aromatic heterocycles. The molecule has 0 unspecified atom stereocenters. The van der Waals surface area contributed by atoms with Gasteiger partial charge in [0.25, 0.3) is 0 Å². The molecule has 118 valence electrons. The third-order valence-electron chi connectivity index (χ3n) is 3.87. The Kier molecular flexibility index (Phi) is 4.78. The summed E-state index contributed by atoms with van der Waals surface area (Å²) in [5.41, 5.74) is 0. The maximum atomic E-state index is 12.4. The van der Waals surface area contributed by atoms with E-state index in [9.17, 15) is 4.79 Å². The molecule has 2 aromatic rings. The molecule has 3 rings (SSSR count). The zero-order valence-corrected chi connectivity index (χ0v) is 14.0. The Balaban J connectivity index is 1.56. The van der Waals surface area contributed by atoms with Crippen LogP contribution in [0.4, 0.5) is 0 Å². The first-order valence-corrected chi connectivity index (χ1v) is 8.61. The summed E-state index contributed by atoms with van der Waals surface area (Å²) < 4.78 is 5.74. The number of halogens is 1. The van der Waals surface area contributed by atoms with Gasteiger partial charge in [-0.05, 0) is 30.9 Å². The summed E-state index contributed by atoms with van der Waals surface area (Å²) in [5, 5.41) is 3.95. The maximum Gasteiger partial charge on any atom is 0.227 e. The van der Waals surface area contributed by atoms with Gasteiger partial charge in [0.2, 0.25) is 11.8 Å². The van der Waals surface area contributed by atoms with E-state index in [0.717, 1.165) is 47.4 Å². The molecule has 1 aliphatic heterocycles. The number of aryl methyl sites for hydroxylation is 1. The second-order valence-electron chi connectivity index (χ2n) is 5.66. The molecule has 1 saturated heterocycles. The van der Waals surface area contributed by atoms with E-state index in [1.165, 1.54) is 11.3 Å². The van der Waals surface area contributed by atoms with E-state index in [4.69, 9.17) is 16.1 Å². The number of hydrogen-bond acceptors (Lipinski definition) is 5. The van der Waals surface area contributed by atoms with Crippen LogP contribution < -0.4 is 0 Å². The Hall–Kier alpha value is -1.40. The average molecular weight is 340 g/mol. The van der Waals surface area contributed by atoms with E-state index >= 15 is 0 Å². The van der Waals surface area contributed by atoms with Gasteiger partial charge in [0.05, 0.1) is 10.8 Å². The van der Waals surface area contributed by atoms with Crippen molar-refractivity contribution in [2.75, 3.05) is 13.1 Å². The number of thiophene rings is 1. The Morgan fingerprint density at radius 1 is 1.55 bits per heavy atom. The van der Waals surface area contributed by atoms with Crippen LogP contribution in [0.2, 0.25) is 4.34 Å². The standard InChI is InChI=1S/C15H18ClN3O2S/c1-10-17-14(18-21-10)7-11-3-2-6-19(9-11)15(20)8-12-4-5-13(16)22-12/h4-5,11H,2-3,6-9H2,1H3/t11-/m1/s1. The van der Waals surface area contributed by atoms with Crippen molar-refractivity contribution in [2.45, 2.75) is 32.6 Å². The van der Waals surface area contributed by atoms with Crippen LogP contribution in [0.25, 0.3) is 0 Å². The number of carbonyl (C=O) groups excluding carboxylic acids is 1. The lowest BCUT2D eigenvalue weighted by Gasteiger charge is -2.32. The number of amides is 1. The van der Waals surface area contributed by atoms with Gasteiger partial charge < -0.3 is 9.42 Å². The van der Waals surface area contributed by atoms with E-state index in [2.05, 4.69) is 10.1 Å². The third-order valence-corrected chi connectivity index (χ3v) is 5.10. The maximum absolute atomic E-state index is 12.4. The van der Waals surface area contributed by atoms with E-state index in [-0.39, 0.29) is 5.91 Å². The molecule has 0 N–H and O–H groups in total. The summed E-state index contributed by atoms with van der Waals surface area (Å²) in [7, 11) is 0. The molecular weight excluding hydrogens is 322 g/mol. The van der Waals surface area contributed by atoms with Crippen LogP contribution in [0.3, 0.4) is 0 Å². The first kappa shape index (κ1) is 15.5. The van der Waals surface area contributed by atoms with Gasteiger partial charge in [-0.15, -0.1) is 11.3 Å². The lowest BCUT2D eigenvalue weighted by Crippen LogP contribution is -2.41. The molecule has 0 spiro atoms. The van der Waals surface area contributed by atoms with Crippen LogP contribution in [0.5, 0.6) is 0 Å². The SMILES string of the molecule is Cc1nc(C[C@H]2CCCN(C(=O)Cc3ccc(Cl)s3)C2)no1. The van der Waals surface area contributed by atoms with Gasteiger partial charge >= 0.3 is 0 Å². The third kappa shape index (κ3) is 3.87. The van der Waals surface area contributed by atoms with Gasteiger partial charge in [-0.2, -0.15) is 4.98 Å². The average Bonchev–Trinajstić information content (AvgIpc) is 3.08. The fraction of sp³-hybridized carbons (Fsp3) is 0.533. The molecule has 0 radical (unpaired) electrons. The van der Waals surface area contributed by atoms with Crippen molar-refractivity contribution in [3.63, 3.8) is 0 Å². The van der Waals surface area contributed by atoms with E-state index < -0.39 is 0 Å². The summed E-state index contributed by atoms with van der Waals surface area (Å²) >= 11 is 7.39. The summed E-state index contributed by atoms with van der Waals surface area (Å²) in [4.78, 5) is 19.6. The molecule has 22 heavy (non-hydrogen) atoms. The fourth-order valence-corrected chi connectivity index (χ4v) is 3.93. The molecule has 1 fully saturated rings. The molecule has 0 bridgehead atoms. The summed E-state index contributed by atoms with van der Waals surface area (Å²) in [6, 6.07) is 3.76. The summed E-state index contributed by atoms with van der Waals surface area (Å²) in [6.45, 7) is 3.39. The Bertz CT molecular complexity index is 655. The fourth-order valence-electron chi connectivity index (χ4n) is 2.85. The number of aromatic nitrogens is 2. The number of likely N-dealkylation sites (tertiary alicyclic amines) is 1. The molecule has 3 heterocycles. The lowest BCUT2D eigenvalue weighted by molar-refractivity contribution is -0.132. The molecule has 1 amide bonds. The molecular formula is C15H18ClN3O2S. The van der Waals surface area contributed by atoms with Crippen LogP contribution in [-0.4, -0.2) is 34.0 Å². The highest BCUT2D eigenvalue weighted by Gasteiger charge is 2.25. The first-order valence-electron chi connectivity index (χ1n) is 7.41. The highest BCUT2D eigenvalue weighted by molar-refractivity contribution is 7.16. The van der Waals surface area contributed by atoms with Crippen molar-refractivity contribution in [1.82, 2.24) is 15.0 Å². The largest absolute Gasteiger partial charge is 0.342 e. The van der Waals surface area contributed by atoms with Crippen LogP contribution in [-0.2, 0) is 17.6 Å². The molecule has 0 saturated carbocycles. The first-order chi connectivity index (χ1) is 10.6. The van der Waals surface area contributed by atoms with Gasteiger partial charge in [-0.3, -0.25) is 4.79 Å². The van der Waals surface area contributed by atoms with Crippen molar-refractivity contribution in [3.8, 4) is 0 Å². The van der Waals surface area contributed by atoms with E-state index in [0.29, 0.717) is 18.2 Å². The minimum absolute atomic E-state index is 0.174. The summed E-state index contributed by atoms with van der Waals surface area (Å²) in [6.07, 6.45) is 3.33. The van der Waals surface area contributed by atoms with E-state index in [1.807, 2.05) is 17.0 Å². The number of piperidine rings is 1. The van der Waals surface area contributed by atoms with Crippen molar-refractivity contribution >= 4 is 28.8 Å². The number of carbonyl (C=O) groups is 1. The van der Waals surface area contributed by atoms with Gasteiger partial charge in [0.1, 0.15) is 0 Å². The minimum atomic E-state index is 0.174. The molecule has 0 aliphatic carbocycles. The van der Waals surface area contributed by atoms with Gasteiger partial charge in [-0.25, -0.2) is 0 Å². The van der Waals surface area contributed by atoms with Gasteiger partial charge in [-0.1, -0.05) is 16.8 Å². The second kappa shape index (κ2) is 6.79. The predicted molar refractivity (Wildman–Crippen MR) is 85.1 cm³/mol. The zero-order chi connectivity index (χ0) is 15.5. The smallest absolute Gasteiger partial charge is 0.227 e. The quantitative estimate of drug-likeness (QED) is 0.858. The van der Waals surface area contributed by atoms with Crippen molar-refractivity contribution < 1.29 is 9.32 Å². The summed E-state index contributed by atoms with van der Waals surface area (Å²) in [5.74, 6) is 1.91. The van der Waals surface area contributed by atoms with Gasteiger partial charge in [0.15, 0.2) is 5.82 Å². The molecule has 1 atom stereocenters. The molecule has 1 aliphatic rings. The molecule has 0 aromatic carbocycles. The highest BCUT2D eigenvalue weighted by atomic mass is 35.5. The number of rotatable bonds is 4. The van der Waals surface area contributed by atoms with E-state index in [1.54, 1.807) is 6.92 Å². The van der Waals surface area contributed by atoms with Crippen molar-refractivity contribution in [1.29, 1.82) is 0 Å². The second-order valence-corrected chi connectivity index (χ2v) is 7.46. The van der Waals surface area contributed by atoms with Crippen molar-refractivity contribution in [2.24, 2.45) is 5.92 Å². The molecule has 5 nitrogen and oxygen atoms in total. The molecule has 7 heteroatoms. The zero-order valence-electron chi connectivity index (χ0n) is 12.4. The van der Waals surface area contributed by atoms with Crippen LogP contribution in [0.1, 0.15) is 29.4 Å². The highest BCUT2D eigenvalue weighted by Crippen LogP contribution is 2.24. The number of hydrogen-bond donors (Lipinski definition) is 0. The van der Waals surface area contributed by atoms with Gasteiger partial charge in [0, 0.05) is 31.3 Å². The lowest BCUT2D eigenvalue weighted by atomic mass is 9.94. The van der Waals surface area contributed by atoms with Crippen molar-refractivity contribution in [3.05, 3.63) is 33.1 Å².